The summed E-state index contributed by atoms with van der Waals surface area (Å²) in [6, 6.07) is 3.82. The van der Waals surface area contributed by atoms with Crippen LogP contribution in [0.1, 0.15) is 13.3 Å². The fraction of sp³-hybridized carbons (Fsp3) is 0.545. The standard InChI is InChI=1S/C11H19N3O/c1-3-6-14(7-8-15-2)11-5-4-10(12)9-13-11/h4-5,9H,3,6-8,12H2,1-2H3. The maximum Gasteiger partial charge on any atom is 0.128 e. The molecule has 1 rings (SSSR count). The van der Waals surface area contributed by atoms with E-state index in [1.54, 1.807) is 13.3 Å². The number of rotatable bonds is 6. The smallest absolute Gasteiger partial charge is 0.128 e. The number of anilines is 2. The first-order valence-corrected chi connectivity index (χ1v) is 5.23. The Morgan fingerprint density at radius 2 is 2.20 bits per heavy atom. The summed E-state index contributed by atoms with van der Waals surface area (Å²) < 4.78 is 5.07. The molecule has 0 aliphatic carbocycles. The van der Waals surface area contributed by atoms with Crippen molar-refractivity contribution in [3.63, 3.8) is 0 Å². The molecule has 0 bridgehead atoms. The van der Waals surface area contributed by atoms with E-state index in [1.807, 2.05) is 12.1 Å². The second kappa shape index (κ2) is 6.24. The van der Waals surface area contributed by atoms with E-state index in [2.05, 4.69) is 16.8 Å². The average Bonchev–Trinajstić information content (AvgIpc) is 2.25. The molecule has 4 heteroatoms. The second-order valence-electron chi connectivity index (χ2n) is 3.43. The first-order valence-electron chi connectivity index (χ1n) is 5.23. The van der Waals surface area contributed by atoms with Crippen molar-refractivity contribution in [2.75, 3.05) is 37.4 Å². The van der Waals surface area contributed by atoms with E-state index in [-0.39, 0.29) is 0 Å². The molecule has 0 fully saturated rings. The lowest BCUT2D eigenvalue weighted by Crippen LogP contribution is -2.28. The van der Waals surface area contributed by atoms with Crippen LogP contribution in [0.3, 0.4) is 0 Å². The largest absolute Gasteiger partial charge is 0.397 e. The number of nitrogens with zero attached hydrogens (tertiary/aromatic N) is 2. The molecule has 2 N–H and O–H groups in total. The molecule has 0 aliphatic heterocycles. The minimum Gasteiger partial charge on any atom is -0.397 e. The molecule has 0 unspecified atom stereocenters. The summed E-state index contributed by atoms with van der Waals surface area (Å²) >= 11 is 0. The molecule has 1 aromatic heterocycles. The van der Waals surface area contributed by atoms with Crippen LogP contribution in [0.25, 0.3) is 0 Å². The molecule has 1 heterocycles. The van der Waals surface area contributed by atoms with Gasteiger partial charge in [-0.3, -0.25) is 0 Å². The summed E-state index contributed by atoms with van der Waals surface area (Å²) in [6.45, 7) is 4.71. The Morgan fingerprint density at radius 3 is 2.73 bits per heavy atom. The molecule has 4 nitrogen and oxygen atoms in total. The highest BCUT2D eigenvalue weighted by atomic mass is 16.5. The number of pyridine rings is 1. The Bertz CT molecular complexity index is 274. The molecule has 0 saturated carbocycles. The number of aromatic nitrogens is 1. The number of methoxy groups -OCH3 is 1. The summed E-state index contributed by atoms with van der Waals surface area (Å²) in [4.78, 5) is 6.49. The first kappa shape index (κ1) is 11.8. The van der Waals surface area contributed by atoms with Crippen molar-refractivity contribution in [3.05, 3.63) is 18.3 Å². The van der Waals surface area contributed by atoms with Gasteiger partial charge in [0.2, 0.25) is 0 Å². The fourth-order valence-electron chi connectivity index (χ4n) is 1.40. The van der Waals surface area contributed by atoms with E-state index in [0.717, 1.165) is 25.3 Å². The molecule has 0 spiro atoms. The van der Waals surface area contributed by atoms with E-state index in [4.69, 9.17) is 10.5 Å². The van der Waals surface area contributed by atoms with Gasteiger partial charge in [-0.1, -0.05) is 6.92 Å². The lowest BCUT2D eigenvalue weighted by Gasteiger charge is -2.22. The monoisotopic (exact) mass is 209 g/mol. The number of nitrogens with two attached hydrogens (primary N) is 1. The summed E-state index contributed by atoms with van der Waals surface area (Å²) in [5.41, 5.74) is 6.29. The fourth-order valence-corrected chi connectivity index (χ4v) is 1.40. The normalized spacial score (nSPS) is 10.3. The van der Waals surface area contributed by atoms with Crippen LogP contribution in [0.2, 0.25) is 0 Å². The van der Waals surface area contributed by atoms with Crippen molar-refractivity contribution >= 4 is 11.5 Å². The van der Waals surface area contributed by atoms with Crippen LogP contribution in [0.4, 0.5) is 11.5 Å². The van der Waals surface area contributed by atoms with Crippen molar-refractivity contribution in [3.8, 4) is 0 Å². The third-order valence-electron chi connectivity index (χ3n) is 2.15. The zero-order valence-corrected chi connectivity index (χ0v) is 9.44. The second-order valence-corrected chi connectivity index (χ2v) is 3.43. The van der Waals surface area contributed by atoms with Crippen LogP contribution in [-0.2, 0) is 4.74 Å². The van der Waals surface area contributed by atoms with Gasteiger partial charge >= 0.3 is 0 Å². The van der Waals surface area contributed by atoms with Gasteiger partial charge in [0, 0.05) is 20.2 Å². The molecule has 15 heavy (non-hydrogen) atoms. The van der Waals surface area contributed by atoms with Crippen molar-refractivity contribution in [1.82, 2.24) is 4.98 Å². The molecular weight excluding hydrogens is 190 g/mol. The van der Waals surface area contributed by atoms with E-state index in [9.17, 15) is 0 Å². The van der Waals surface area contributed by atoms with Gasteiger partial charge in [-0.2, -0.15) is 0 Å². The quantitative estimate of drug-likeness (QED) is 0.772. The summed E-state index contributed by atoms with van der Waals surface area (Å²) in [6.07, 6.45) is 2.78. The highest BCUT2D eigenvalue weighted by Crippen LogP contribution is 2.12. The van der Waals surface area contributed by atoms with Gasteiger partial charge in [0.05, 0.1) is 18.5 Å². The van der Waals surface area contributed by atoms with Crippen LogP contribution < -0.4 is 10.6 Å². The van der Waals surface area contributed by atoms with Crippen molar-refractivity contribution in [2.45, 2.75) is 13.3 Å². The first-order chi connectivity index (χ1) is 7.27. The van der Waals surface area contributed by atoms with E-state index in [0.29, 0.717) is 12.3 Å². The van der Waals surface area contributed by atoms with E-state index in [1.165, 1.54) is 0 Å². The summed E-state index contributed by atoms with van der Waals surface area (Å²) in [5.74, 6) is 0.961. The summed E-state index contributed by atoms with van der Waals surface area (Å²) in [5, 5.41) is 0. The minimum atomic E-state index is 0.696. The zero-order chi connectivity index (χ0) is 11.1. The molecule has 0 atom stereocenters. The van der Waals surface area contributed by atoms with Crippen LogP contribution in [0.15, 0.2) is 18.3 Å². The van der Waals surface area contributed by atoms with Crippen molar-refractivity contribution < 1.29 is 4.74 Å². The van der Waals surface area contributed by atoms with Crippen LogP contribution in [0.5, 0.6) is 0 Å². The molecule has 0 amide bonds. The Hall–Kier alpha value is -1.29. The number of nitrogen functional groups attached to an aromatic ring is 1. The Kier molecular flexibility index (Phi) is 4.90. The predicted octanol–water partition coefficient (Wildman–Crippen LogP) is 1.53. The van der Waals surface area contributed by atoms with Gasteiger partial charge in [-0.25, -0.2) is 4.98 Å². The topological polar surface area (TPSA) is 51.4 Å². The number of hydrogen-bond acceptors (Lipinski definition) is 4. The summed E-state index contributed by atoms with van der Waals surface area (Å²) in [7, 11) is 1.71. The van der Waals surface area contributed by atoms with Crippen LogP contribution in [0, 0.1) is 0 Å². The maximum absolute atomic E-state index is 5.60. The maximum atomic E-state index is 5.60. The highest BCUT2D eigenvalue weighted by Gasteiger charge is 2.05. The van der Waals surface area contributed by atoms with Gasteiger partial charge < -0.3 is 15.4 Å². The lowest BCUT2D eigenvalue weighted by atomic mass is 10.3. The average molecular weight is 209 g/mol. The van der Waals surface area contributed by atoms with Gasteiger partial charge in [-0.15, -0.1) is 0 Å². The van der Waals surface area contributed by atoms with Crippen LogP contribution in [-0.4, -0.2) is 31.8 Å². The molecule has 0 radical (unpaired) electrons. The zero-order valence-electron chi connectivity index (χ0n) is 9.44. The SMILES string of the molecule is CCCN(CCOC)c1ccc(N)cn1. The lowest BCUT2D eigenvalue weighted by molar-refractivity contribution is 0.205. The Labute approximate surface area is 91.1 Å². The third kappa shape index (κ3) is 3.75. The molecular formula is C11H19N3O. The van der Waals surface area contributed by atoms with Crippen molar-refractivity contribution in [2.24, 2.45) is 0 Å². The number of ether oxygens (including phenoxy) is 1. The molecule has 0 saturated heterocycles. The van der Waals surface area contributed by atoms with Crippen LogP contribution >= 0.6 is 0 Å². The van der Waals surface area contributed by atoms with Gasteiger partial charge in [0.1, 0.15) is 5.82 Å². The third-order valence-corrected chi connectivity index (χ3v) is 2.15. The van der Waals surface area contributed by atoms with Gasteiger partial charge in [-0.05, 0) is 18.6 Å². The predicted molar refractivity (Wildman–Crippen MR) is 63.0 cm³/mol. The Morgan fingerprint density at radius 1 is 1.40 bits per heavy atom. The number of hydrogen-bond donors (Lipinski definition) is 1. The van der Waals surface area contributed by atoms with Gasteiger partial charge in [0.25, 0.3) is 0 Å². The van der Waals surface area contributed by atoms with Crippen molar-refractivity contribution in [1.29, 1.82) is 0 Å². The molecule has 1 aromatic rings. The van der Waals surface area contributed by atoms with E-state index >= 15 is 0 Å². The van der Waals surface area contributed by atoms with E-state index < -0.39 is 0 Å². The Balaban J connectivity index is 2.65. The molecule has 0 aromatic carbocycles. The molecule has 84 valence electrons. The minimum absolute atomic E-state index is 0.696. The molecule has 0 aliphatic rings. The highest BCUT2D eigenvalue weighted by molar-refractivity contribution is 5.45. The van der Waals surface area contributed by atoms with Gasteiger partial charge in [0.15, 0.2) is 0 Å².